The van der Waals surface area contributed by atoms with E-state index in [2.05, 4.69) is 55.6 Å². The van der Waals surface area contributed by atoms with Crippen LogP contribution in [0, 0.1) is 13.8 Å². The Labute approximate surface area is 254 Å². The molecule has 0 saturated carbocycles. The van der Waals surface area contributed by atoms with Gasteiger partial charge in [-0.25, -0.2) is 4.98 Å². The Bertz CT molecular complexity index is 1540. The van der Waals surface area contributed by atoms with Gasteiger partial charge in [-0.05, 0) is 93.5 Å². The highest BCUT2D eigenvalue weighted by Crippen LogP contribution is 2.48. The fourth-order valence-electron chi connectivity index (χ4n) is 5.04. The Morgan fingerprint density at radius 1 is 0.930 bits per heavy atom. The summed E-state index contributed by atoms with van der Waals surface area (Å²) in [6.07, 6.45) is 4.63. The quantitative estimate of drug-likeness (QED) is 0.0728. The number of benzene rings is 2. The van der Waals surface area contributed by atoms with Crippen LogP contribution in [-0.4, -0.2) is 67.4 Å². The second-order valence-corrected chi connectivity index (χ2v) is 12.6. The molecule has 2 aromatic heterocycles. The number of pyridine rings is 2. The van der Waals surface area contributed by atoms with Crippen molar-refractivity contribution in [2.75, 3.05) is 57.7 Å². The van der Waals surface area contributed by atoms with Crippen molar-refractivity contribution >= 4 is 35.2 Å². The molecule has 0 aliphatic rings. The van der Waals surface area contributed by atoms with Gasteiger partial charge in [0, 0.05) is 23.5 Å². The zero-order valence-electron chi connectivity index (χ0n) is 25.7. The third-order valence-corrected chi connectivity index (χ3v) is 9.29. The minimum Gasteiger partial charge on any atom is -0.491 e. The monoisotopic (exact) mass is 609 g/mol. The first kappa shape index (κ1) is 32.8. The van der Waals surface area contributed by atoms with Crippen molar-refractivity contribution in [1.82, 2.24) is 9.97 Å². The van der Waals surface area contributed by atoms with Crippen molar-refractivity contribution in [3.63, 3.8) is 0 Å². The number of rotatable bonds is 18. The number of anilines is 1. The summed E-state index contributed by atoms with van der Waals surface area (Å²) < 4.78 is 34.7. The number of fused-ring (bicyclic) bond motifs is 3. The second kappa shape index (κ2) is 16.1. The average molecular weight is 610 g/mol. The molecule has 0 unspecified atom stereocenters. The van der Waals surface area contributed by atoms with Gasteiger partial charge < -0.3 is 28.9 Å². The summed E-state index contributed by atoms with van der Waals surface area (Å²) in [5.41, 5.74) is 6.47. The third-order valence-electron chi connectivity index (χ3n) is 7.13. The van der Waals surface area contributed by atoms with Gasteiger partial charge in [0.15, 0.2) is 5.82 Å². The molecule has 232 valence electrons. The van der Waals surface area contributed by atoms with Gasteiger partial charge in [0.1, 0.15) is 17.9 Å². The third kappa shape index (κ3) is 9.21. The minimum absolute atomic E-state index is 0.0150. The molecule has 0 atom stereocenters. The molecule has 9 nitrogen and oxygen atoms in total. The van der Waals surface area contributed by atoms with E-state index >= 15 is 0 Å². The average Bonchev–Trinajstić information content (AvgIpc) is 2.98. The summed E-state index contributed by atoms with van der Waals surface area (Å²) in [5, 5.41) is 14.4. The molecule has 0 aliphatic heterocycles. The Balaban J connectivity index is 1.47. The highest BCUT2D eigenvalue weighted by atomic mass is 31.2. The van der Waals surface area contributed by atoms with Crippen molar-refractivity contribution in [3.05, 3.63) is 70.9 Å². The van der Waals surface area contributed by atoms with Crippen LogP contribution in [-0.2, 0) is 31.2 Å². The molecule has 2 heterocycles. The lowest BCUT2D eigenvalue weighted by atomic mass is 9.99. The number of aryl methyl sites for hydroxylation is 4. The van der Waals surface area contributed by atoms with E-state index in [4.69, 9.17) is 33.6 Å². The molecule has 2 aromatic carbocycles. The van der Waals surface area contributed by atoms with Gasteiger partial charge in [-0.2, -0.15) is 0 Å². The van der Waals surface area contributed by atoms with E-state index in [0.29, 0.717) is 52.2 Å². The van der Waals surface area contributed by atoms with Crippen LogP contribution in [0.2, 0.25) is 0 Å². The van der Waals surface area contributed by atoms with Gasteiger partial charge >= 0.3 is 7.60 Å². The molecule has 2 N–H and O–H groups in total. The molecule has 43 heavy (non-hydrogen) atoms. The highest BCUT2D eigenvalue weighted by molar-refractivity contribution is 7.53. The van der Waals surface area contributed by atoms with Crippen LogP contribution in [0.5, 0.6) is 5.75 Å². The zero-order chi connectivity index (χ0) is 30.7. The Morgan fingerprint density at radius 2 is 1.74 bits per heavy atom. The first-order chi connectivity index (χ1) is 20.9. The van der Waals surface area contributed by atoms with E-state index in [1.807, 2.05) is 26.1 Å². The predicted molar refractivity (Wildman–Crippen MR) is 173 cm³/mol. The number of nitrogens with zero attached hydrogens (tertiary/aromatic N) is 2. The molecule has 0 spiro atoms. The number of hydrogen-bond acceptors (Lipinski definition) is 9. The molecule has 0 radical (unpaired) electrons. The Hall–Kier alpha value is -3.07. The van der Waals surface area contributed by atoms with E-state index < -0.39 is 7.60 Å². The fraction of sp³-hybridized carbons (Fsp3) is 0.455. The molecule has 0 saturated heterocycles. The van der Waals surface area contributed by atoms with Gasteiger partial charge in [0.2, 0.25) is 0 Å². The Morgan fingerprint density at radius 3 is 2.49 bits per heavy atom. The van der Waals surface area contributed by atoms with Gasteiger partial charge in [-0.1, -0.05) is 18.2 Å². The molecule has 0 fully saturated rings. The first-order valence-corrected chi connectivity index (χ1v) is 16.8. The van der Waals surface area contributed by atoms with E-state index in [0.717, 1.165) is 57.3 Å². The van der Waals surface area contributed by atoms with Crippen LogP contribution in [0.15, 0.2) is 48.7 Å². The number of nitrogens with one attached hydrogen (secondary N) is 1. The normalized spacial score (nSPS) is 11.8. The van der Waals surface area contributed by atoms with Crippen LogP contribution < -0.4 is 10.1 Å². The number of aliphatic hydroxyl groups is 1. The van der Waals surface area contributed by atoms with Gasteiger partial charge in [0.05, 0.1) is 44.7 Å². The van der Waals surface area contributed by atoms with Crippen LogP contribution in [0.25, 0.3) is 21.8 Å². The minimum atomic E-state index is -3.09. The maximum absolute atomic E-state index is 12.8. The molecule has 0 aliphatic carbocycles. The summed E-state index contributed by atoms with van der Waals surface area (Å²) in [7, 11) is -3.09. The largest absolute Gasteiger partial charge is 0.491 e. The van der Waals surface area contributed by atoms with E-state index in [-0.39, 0.29) is 6.61 Å². The van der Waals surface area contributed by atoms with Crippen molar-refractivity contribution < 1.29 is 28.2 Å². The molecule has 0 amide bonds. The summed E-state index contributed by atoms with van der Waals surface area (Å²) >= 11 is 0. The van der Waals surface area contributed by atoms with Crippen molar-refractivity contribution in [2.24, 2.45) is 0 Å². The second-order valence-electron chi connectivity index (χ2n) is 10.4. The lowest BCUT2D eigenvalue weighted by Crippen LogP contribution is -2.09. The van der Waals surface area contributed by atoms with Crippen LogP contribution in [0.4, 0.5) is 5.82 Å². The van der Waals surface area contributed by atoms with Crippen molar-refractivity contribution in [2.45, 2.75) is 47.0 Å². The summed E-state index contributed by atoms with van der Waals surface area (Å²) in [4.78, 5) is 9.78. The molecule has 4 aromatic rings. The van der Waals surface area contributed by atoms with Crippen LogP contribution in [0.3, 0.4) is 0 Å². The first-order valence-electron chi connectivity index (χ1n) is 15.1. The smallest absolute Gasteiger partial charge is 0.330 e. The summed E-state index contributed by atoms with van der Waals surface area (Å²) in [6, 6.07) is 14.7. The molecular weight excluding hydrogens is 565 g/mol. The molecule has 10 heteroatoms. The standard InChI is InChI=1S/C33H44N3O6P/c1-5-41-43(38,42-6-2)19-7-14-34-33-32-30(29-13-8-24(3)20-31(29)36-33)22-26(23-35-32)9-10-27-11-12-28(21-25(27)4)40-18-17-39-16-15-37/h8,11-13,20-23,37H,5-7,9-10,14-19H2,1-4H3,(H,34,36). The topological polar surface area (TPSA) is 112 Å². The number of aliphatic hydroxyl groups excluding tert-OH is 1. The zero-order valence-corrected chi connectivity index (χ0v) is 26.6. The number of aromatic nitrogens is 2. The maximum Gasteiger partial charge on any atom is 0.330 e. The molecule has 0 bridgehead atoms. The van der Waals surface area contributed by atoms with Gasteiger partial charge in [-0.3, -0.25) is 9.55 Å². The molecular formula is C33H44N3O6P. The molecule has 4 rings (SSSR count). The summed E-state index contributed by atoms with van der Waals surface area (Å²) in [5.74, 6) is 1.53. The van der Waals surface area contributed by atoms with Crippen LogP contribution in [0.1, 0.15) is 42.5 Å². The van der Waals surface area contributed by atoms with E-state index in [9.17, 15) is 4.57 Å². The number of ether oxygens (including phenoxy) is 2. The maximum atomic E-state index is 12.8. The SMILES string of the molecule is CCOP(=O)(CCCNc1nc2cc(C)ccc2c2cc(CCc3ccc(OCCOCCO)cc3C)cnc12)OCC. The number of hydrogen-bond donors (Lipinski definition) is 2. The fourth-order valence-corrected chi connectivity index (χ4v) is 6.70. The lowest BCUT2D eigenvalue weighted by molar-refractivity contribution is 0.0705. The van der Waals surface area contributed by atoms with Crippen molar-refractivity contribution in [3.8, 4) is 5.75 Å². The lowest BCUT2D eigenvalue weighted by Gasteiger charge is -2.17. The van der Waals surface area contributed by atoms with Crippen LogP contribution >= 0.6 is 7.60 Å². The Kier molecular flexibility index (Phi) is 12.3. The van der Waals surface area contributed by atoms with Crippen molar-refractivity contribution in [1.29, 1.82) is 0 Å². The van der Waals surface area contributed by atoms with Gasteiger partial charge in [0.25, 0.3) is 0 Å². The van der Waals surface area contributed by atoms with E-state index in [1.54, 1.807) is 0 Å². The van der Waals surface area contributed by atoms with Gasteiger partial charge in [-0.15, -0.1) is 0 Å². The summed E-state index contributed by atoms with van der Waals surface area (Å²) in [6.45, 7) is 10.3. The van der Waals surface area contributed by atoms with E-state index in [1.165, 1.54) is 11.1 Å². The predicted octanol–water partition coefficient (Wildman–Crippen LogP) is 6.64. The highest BCUT2D eigenvalue weighted by Gasteiger charge is 2.22.